The second-order valence-electron chi connectivity index (χ2n) is 7.51. The Kier molecular flexibility index (Phi) is 5.45. The number of hydrogen-bond donors (Lipinski definition) is 2. The normalized spacial score (nSPS) is 12.6. The minimum Gasteiger partial charge on any atom is -0.337 e. The number of rotatable bonds is 5. The lowest BCUT2D eigenvalue weighted by Crippen LogP contribution is -2.43. The molecule has 0 spiro atoms. The van der Waals surface area contributed by atoms with Crippen LogP contribution < -0.4 is 10.6 Å². The van der Waals surface area contributed by atoms with Crippen molar-refractivity contribution in [2.24, 2.45) is 0 Å². The van der Waals surface area contributed by atoms with Crippen molar-refractivity contribution in [1.29, 1.82) is 0 Å². The van der Waals surface area contributed by atoms with Crippen LogP contribution in [0.25, 0.3) is 10.8 Å². The number of carbonyl (C=O) groups excluding carboxylic acids is 1. The van der Waals surface area contributed by atoms with Gasteiger partial charge < -0.3 is 10.6 Å². The van der Waals surface area contributed by atoms with Crippen LogP contribution in [0.2, 0.25) is 0 Å². The lowest BCUT2D eigenvalue weighted by atomic mass is 9.84. The number of carbonyl (C=O) groups is 1. The molecule has 2 N–H and O–H groups in total. The highest BCUT2D eigenvalue weighted by Gasteiger charge is 2.22. The standard InChI is InChI=1S/C23H25FN2O/c1-16(20-13-6-9-17-8-4-5-12-21(17)20)26-22(27)25-15-23(2,3)18-10-7-11-19(24)14-18/h4-14,16H,15H2,1-3H3,(H2,25,26,27)/t16-/m1/s1. The maximum Gasteiger partial charge on any atom is 0.315 e. The van der Waals surface area contributed by atoms with Crippen molar-refractivity contribution in [2.75, 3.05) is 6.54 Å². The molecule has 0 saturated carbocycles. The predicted octanol–water partition coefficient (Wildman–Crippen LogP) is 5.32. The van der Waals surface area contributed by atoms with Crippen LogP contribution in [-0.2, 0) is 5.41 Å². The smallest absolute Gasteiger partial charge is 0.315 e. The number of amides is 2. The molecule has 3 rings (SSSR count). The monoisotopic (exact) mass is 364 g/mol. The van der Waals surface area contributed by atoms with Gasteiger partial charge in [0.1, 0.15) is 5.82 Å². The Bertz CT molecular complexity index is 947. The van der Waals surface area contributed by atoms with Gasteiger partial charge in [-0.3, -0.25) is 0 Å². The second kappa shape index (κ2) is 7.78. The first-order valence-electron chi connectivity index (χ1n) is 9.15. The summed E-state index contributed by atoms with van der Waals surface area (Å²) < 4.78 is 13.5. The zero-order valence-electron chi connectivity index (χ0n) is 15.9. The molecule has 0 aromatic heterocycles. The van der Waals surface area contributed by atoms with E-state index in [-0.39, 0.29) is 23.3 Å². The Hall–Kier alpha value is -2.88. The van der Waals surface area contributed by atoms with Crippen molar-refractivity contribution in [3.8, 4) is 0 Å². The summed E-state index contributed by atoms with van der Waals surface area (Å²) in [6, 6.07) is 20.4. The largest absolute Gasteiger partial charge is 0.337 e. The molecule has 0 aliphatic carbocycles. The van der Waals surface area contributed by atoms with Gasteiger partial charge in [-0.2, -0.15) is 0 Å². The fraction of sp³-hybridized carbons (Fsp3) is 0.261. The van der Waals surface area contributed by atoms with Gasteiger partial charge in [0.15, 0.2) is 0 Å². The van der Waals surface area contributed by atoms with Gasteiger partial charge in [-0.15, -0.1) is 0 Å². The Morgan fingerprint density at radius 2 is 1.74 bits per heavy atom. The van der Waals surface area contributed by atoms with Crippen molar-refractivity contribution in [2.45, 2.75) is 32.2 Å². The molecule has 0 heterocycles. The summed E-state index contributed by atoms with van der Waals surface area (Å²) in [7, 11) is 0. The van der Waals surface area contributed by atoms with Crippen molar-refractivity contribution in [3.05, 3.63) is 83.7 Å². The Morgan fingerprint density at radius 3 is 2.52 bits per heavy atom. The summed E-state index contributed by atoms with van der Waals surface area (Å²) in [4.78, 5) is 12.4. The summed E-state index contributed by atoms with van der Waals surface area (Å²) in [6.45, 7) is 6.34. The van der Waals surface area contributed by atoms with Gasteiger partial charge in [-0.25, -0.2) is 9.18 Å². The van der Waals surface area contributed by atoms with E-state index in [9.17, 15) is 9.18 Å². The third kappa shape index (κ3) is 4.45. The first-order chi connectivity index (χ1) is 12.9. The van der Waals surface area contributed by atoms with Crippen molar-refractivity contribution in [1.82, 2.24) is 10.6 Å². The number of urea groups is 1. The van der Waals surface area contributed by atoms with E-state index in [0.717, 1.165) is 21.9 Å². The van der Waals surface area contributed by atoms with Gasteiger partial charge in [0.2, 0.25) is 0 Å². The lowest BCUT2D eigenvalue weighted by molar-refractivity contribution is 0.235. The molecule has 0 fully saturated rings. The second-order valence-corrected chi connectivity index (χ2v) is 7.51. The molecule has 2 amide bonds. The average Bonchev–Trinajstić information content (AvgIpc) is 2.66. The van der Waals surface area contributed by atoms with Gasteiger partial charge in [0.25, 0.3) is 0 Å². The summed E-state index contributed by atoms with van der Waals surface area (Å²) in [5.41, 5.74) is 1.56. The molecule has 3 nitrogen and oxygen atoms in total. The Balaban J connectivity index is 1.65. The summed E-state index contributed by atoms with van der Waals surface area (Å²) >= 11 is 0. The number of halogens is 1. The molecular formula is C23H25FN2O. The molecule has 0 aliphatic heterocycles. The van der Waals surface area contributed by atoms with Gasteiger partial charge in [-0.1, -0.05) is 68.4 Å². The zero-order valence-corrected chi connectivity index (χ0v) is 15.9. The summed E-state index contributed by atoms with van der Waals surface area (Å²) in [5.74, 6) is -0.269. The third-order valence-corrected chi connectivity index (χ3v) is 4.93. The van der Waals surface area contributed by atoms with E-state index < -0.39 is 0 Å². The number of nitrogens with one attached hydrogen (secondary N) is 2. The topological polar surface area (TPSA) is 41.1 Å². The highest BCUT2D eigenvalue weighted by molar-refractivity contribution is 5.86. The molecule has 3 aromatic carbocycles. The maximum absolute atomic E-state index is 13.5. The van der Waals surface area contributed by atoms with E-state index in [1.807, 2.05) is 51.1 Å². The molecule has 0 radical (unpaired) electrons. The lowest BCUT2D eigenvalue weighted by Gasteiger charge is -2.26. The van der Waals surface area contributed by atoms with Gasteiger partial charge in [0, 0.05) is 12.0 Å². The molecule has 1 atom stereocenters. The fourth-order valence-electron chi connectivity index (χ4n) is 3.27. The fourth-order valence-corrected chi connectivity index (χ4v) is 3.27. The molecule has 0 bridgehead atoms. The van der Waals surface area contributed by atoms with Crippen molar-refractivity contribution in [3.63, 3.8) is 0 Å². The summed E-state index contributed by atoms with van der Waals surface area (Å²) in [5, 5.41) is 8.20. The van der Waals surface area contributed by atoms with Crippen LogP contribution in [0.15, 0.2) is 66.7 Å². The van der Waals surface area contributed by atoms with Crippen LogP contribution in [-0.4, -0.2) is 12.6 Å². The van der Waals surface area contributed by atoms with Crippen LogP contribution in [0.3, 0.4) is 0 Å². The highest BCUT2D eigenvalue weighted by atomic mass is 19.1. The number of fused-ring (bicyclic) bond motifs is 1. The minimum absolute atomic E-state index is 0.131. The quantitative estimate of drug-likeness (QED) is 0.632. The molecule has 3 aromatic rings. The van der Waals surface area contributed by atoms with Crippen molar-refractivity contribution >= 4 is 16.8 Å². The van der Waals surface area contributed by atoms with E-state index in [1.54, 1.807) is 6.07 Å². The molecule has 0 saturated heterocycles. The number of benzene rings is 3. The third-order valence-electron chi connectivity index (χ3n) is 4.93. The first-order valence-corrected chi connectivity index (χ1v) is 9.15. The molecule has 4 heteroatoms. The van der Waals surface area contributed by atoms with E-state index in [2.05, 4.69) is 28.8 Å². The van der Waals surface area contributed by atoms with E-state index >= 15 is 0 Å². The van der Waals surface area contributed by atoms with Gasteiger partial charge in [-0.05, 0) is 41.0 Å². The van der Waals surface area contributed by atoms with E-state index in [4.69, 9.17) is 0 Å². The van der Waals surface area contributed by atoms with Gasteiger partial charge >= 0.3 is 6.03 Å². The minimum atomic E-state index is -0.373. The molecule has 27 heavy (non-hydrogen) atoms. The zero-order chi connectivity index (χ0) is 19.4. The molecular weight excluding hydrogens is 339 g/mol. The summed E-state index contributed by atoms with van der Waals surface area (Å²) in [6.07, 6.45) is 0. The van der Waals surface area contributed by atoms with Crippen LogP contribution in [0.4, 0.5) is 9.18 Å². The van der Waals surface area contributed by atoms with Crippen molar-refractivity contribution < 1.29 is 9.18 Å². The molecule has 0 unspecified atom stereocenters. The SMILES string of the molecule is C[C@@H](NC(=O)NCC(C)(C)c1cccc(F)c1)c1cccc2ccccc12. The number of hydrogen-bond acceptors (Lipinski definition) is 1. The average molecular weight is 364 g/mol. The van der Waals surface area contributed by atoms with Gasteiger partial charge in [0.05, 0.1) is 6.04 Å². The van der Waals surface area contributed by atoms with Crippen LogP contribution in [0.5, 0.6) is 0 Å². The highest BCUT2D eigenvalue weighted by Crippen LogP contribution is 2.25. The Morgan fingerprint density at radius 1 is 1.04 bits per heavy atom. The van der Waals surface area contributed by atoms with Crippen LogP contribution >= 0.6 is 0 Å². The maximum atomic E-state index is 13.5. The van der Waals surface area contributed by atoms with E-state index in [1.165, 1.54) is 12.1 Å². The molecule has 0 aliphatic rings. The predicted molar refractivity (Wildman–Crippen MR) is 108 cm³/mol. The molecule has 140 valence electrons. The first kappa shape index (κ1) is 18.9. The Labute approximate surface area is 159 Å². The van der Waals surface area contributed by atoms with Crippen LogP contribution in [0.1, 0.15) is 37.9 Å². The van der Waals surface area contributed by atoms with Crippen LogP contribution in [0, 0.1) is 5.82 Å². The van der Waals surface area contributed by atoms with E-state index in [0.29, 0.717) is 6.54 Å².